The molecule has 0 bridgehead atoms. The molecule has 0 radical (unpaired) electrons. The van der Waals surface area contributed by atoms with Gasteiger partial charge < -0.3 is 10.4 Å². The molecule has 1 unspecified atom stereocenters. The monoisotopic (exact) mass is 316 g/mol. The first-order valence-electron chi connectivity index (χ1n) is 5.85. The predicted molar refractivity (Wildman–Crippen MR) is 73.4 cm³/mol. The molecule has 0 aromatic heterocycles. The fraction of sp³-hybridized carbons (Fsp3) is 0.500. The molecule has 2 N–H and O–H groups in total. The van der Waals surface area contributed by atoms with E-state index in [2.05, 4.69) is 21.2 Å². The molecule has 0 heterocycles. The van der Waals surface area contributed by atoms with Crippen molar-refractivity contribution in [2.75, 3.05) is 6.54 Å². The van der Waals surface area contributed by atoms with Gasteiger partial charge in [0.15, 0.2) is 0 Å². The van der Waals surface area contributed by atoms with Crippen LogP contribution in [0, 0.1) is 10.1 Å². The number of nitrogens with zero attached hydrogens (tertiary/aromatic N) is 1. The zero-order valence-corrected chi connectivity index (χ0v) is 11.8. The number of non-ortho nitro benzene ring substituents is 1. The number of halogens is 1. The second-order valence-corrected chi connectivity index (χ2v) is 5.02. The molecule has 0 fully saturated rings. The number of hydrogen-bond donors (Lipinski definition) is 2. The molecule has 1 aromatic carbocycles. The van der Waals surface area contributed by atoms with Crippen molar-refractivity contribution < 1.29 is 10.0 Å². The summed E-state index contributed by atoms with van der Waals surface area (Å²) in [5, 5.41) is 23.2. The highest BCUT2D eigenvalue weighted by Crippen LogP contribution is 2.21. The van der Waals surface area contributed by atoms with E-state index in [1.807, 2.05) is 13.0 Å². The van der Waals surface area contributed by atoms with Crippen molar-refractivity contribution in [1.29, 1.82) is 0 Å². The van der Waals surface area contributed by atoms with E-state index in [1.54, 1.807) is 6.07 Å². The molecule has 0 amide bonds. The number of hydrogen-bond acceptors (Lipinski definition) is 4. The summed E-state index contributed by atoms with van der Waals surface area (Å²) >= 11 is 3.25. The lowest BCUT2D eigenvalue weighted by Gasteiger charge is -2.09. The van der Waals surface area contributed by atoms with Crippen LogP contribution in [-0.2, 0) is 6.54 Å². The van der Waals surface area contributed by atoms with E-state index in [4.69, 9.17) is 0 Å². The van der Waals surface area contributed by atoms with E-state index in [0.29, 0.717) is 24.0 Å². The van der Waals surface area contributed by atoms with Crippen LogP contribution in [0.5, 0.6) is 0 Å². The number of nitrogens with one attached hydrogen (secondary N) is 1. The minimum atomic E-state index is -0.408. The second kappa shape index (κ2) is 7.45. The van der Waals surface area contributed by atoms with Gasteiger partial charge in [-0.3, -0.25) is 10.1 Å². The maximum atomic E-state index is 10.7. The number of aliphatic hydroxyl groups is 1. The van der Waals surface area contributed by atoms with Crippen molar-refractivity contribution in [3.05, 3.63) is 38.3 Å². The quantitative estimate of drug-likeness (QED) is 0.460. The predicted octanol–water partition coefficient (Wildman–Crippen LogP) is 2.61. The van der Waals surface area contributed by atoms with Crippen molar-refractivity contribution in [3.8, 4) is 0 Å². The van der Waals surface area contributed by atoms with Crippen LogP contribution in [0.15, 0.2) is 22.7 Å². The van der Waals surface area contributed by atoms with Gasteiger partial charge in [0.2, 0.25) is 0 Å². The number of rotatable bonds is 7. The maximum absolute atomic E-state index is 10.7. The Labute approximate surface area is 114 Å². The number of nitro groups is 1. The van der Waals surface area contributed by atoms with Gasteiger partial charge in [-0.25, -0.2) is 0 Å². The average molecular weight is 317 g/mol. The van der Waals surface area contributed by atoms with E-state index in [0.717, 1.165) is 12.0 Å². The Morgan fingerprint density at radius 3 is 2.83 bits per heavy atom. The zero-order chi connectivity index (χ0) is 13.5. The summed E-state index contributed by atoms with van der Waals surface area (Å²) in [7, 11) is 0. The normalized spacial score (nSPS) is 12.4. The van der Waals surface area contributed by atoms with E-state index in [-0.39, 0.29) is 11.8 Å². The Hall–Kier alpha value is -0.980. The van der Waals surface area contributed by atoms with Crippen LogP contribution in [0.3, 0.4) is 0 Å². The minimum Gasteiger partial charge on any atom is -0.393 e. The van der Waals surface area contributed by atoms with E-state index in [1.165, 1.54) is 6.07 Å². The van der Waals surface area contributed by atoms with Gasteiger partial charge in [-0.1, -0.05) is 22.9 Å². The molecule has 100 valence electrons. The van der Waals surface area contributed by atoms with Crippen LogP contribution < -0.4 is 5.32 Å². The molecule has 1 rings (SSSR count). The Balaban J connectivity index is 2.49. The fourth-order valence-electron chi connectivity index (χ4n) is 1.55. The third kappa shape index (κ3) is 5.12. The highest BCUT2D eigenvalue weighted by atomic mass is 79.9. The van der Waals surface area contributed by atoms with Gasteiger partial charge in [-0.2, -0.15) is 0 Å². The molecule has 0 saturated heterocycles. The summed E-state index contributed by atoms with van der Waals surface area (Å²) in [6.45, 7) is 3.17. The standard InChI is InChI=1S/C12H17BrN2O3/c1-2-12(16)3-4-14-8-9-5-10(13)7-11(6-9)15(17)18/h5-7,12,14,16H,2-4,8H2,1H3. The van der Waals surface area contributed by atoms with E-state index in [9.17, 15) is 15.2 Å². The van der Waals surface area contributed by atoms with Gasteiger partial charge in [-0.05, 0) is 31.0 Å². The third-order valence-electron chi connectivity index (χ3n) is 2.61. The van der Waals surface area contributed by atoms with Gasteiger partial charge >= 0.3 is 0 Å². The van der Waals surface area contributed by atoms with Gasteiger partial charge in [0, 0.05) is 23.2 Å². The average Bonchev–Trinajstić information content (AvgIpc) is 2.33. The van der Waals surface area contributed by atoms with Gasteiger partial charge in [0.25, 0.3) is 5.69 Å². The Kier molecular flexibility index (Phi) is 6.24. The van der Waals surface area contributed by atoms with Crippen LogP contribution >= 0.6 is 15.9 Å². The zero-order valence-electron chi connectivity index (χ0n) is 10.2. The summed E-state index contributed by atoms with van der Waals surface area (Å²) in [6, 6.07) is 4.87. The largest absolute Gasteiger partial charge is 0.393 e. The van der Waals surface area contributed by atoms with Crippen molar-refractivity contribution in [3.63, 3.8) is 0 Å². The van der Waals surface area contributed by atoms with Crippen molar-refractivity contribution in [1.82, 2.24) is 5.32 Å². The van der Waals surface area contributed by atoms with Crippen molar-refractivity contribution in [2.45, 2.75) is 32.4 Å². The Bertz CT molecular complexity index is 412. The molecule has 0 saturated carbocycles. The summed E-state index contributed by atoms with van der Waals surface area (Å²) in [4.78, 5) is 10.3. The van der Waals surface area contributed by atoms with E-state index >= 15 is 0 Å². The molecular formula is C12H17BrN2O3. The lowest BCUT2D eigenvalue weighted by atomic mass is 10.2. The highest BCUT2D eigenvalue weighted by Gasteiger charge is 2.08. The van der Waals surface area contributed by atoms with Crippen LogP contribution in [0.25, 0.3) is 0 Å². The lowest BCUT2D eigenvalue weighted by Crippen LogP contribution is -2.19. The van der Waals surface area contributed by atoms with Gasteiger partial charge in [0.1, 0.15) is 0 Å². The molecule has 0 spiro atoms. The molecule has 0 aliphatic carbocycles. The van der Waals surface area contributed by atoms with Gasteiger partial charge in [0.05, 0.1) is 11.0 Å². The third-order valence-corrected chi connectivity index (χ3v) is 3.07. The molecule has 18 heavy (non-hydrogen) atoms. The minimum absolute atomic E-state index is 0.0785. The van der Waals surface area contributed by atoms with Crippen LogP contribution in [0.4, 0.5) is 5.69 Å². The maximum Gasteiger partial charge on any atom is 0.270 e. The number of benzene rings is 1. The van der Waals surface area contributed by atoms with Crippen LogP contribution in [0.2, 0.25) is 0 Å². The van der Waals surface area contributed by atoms with Crippen molar-refractivity contribution >= 4 is 21.6 Å². The van der Waals surface area contributed by atoms with Crippen LogP contribution in [-0.4, -0.2) is 22.7 Å². The summed E-state index contributed by atoms with van der Waals surface area (Å²) in [6.07, 6.45) is 1.14. The summed E-state index contributed by atoms with van der Waals surface area (Å²) in [5.41, 5.74) is 0.928. The fourth-order valence-corrected chi connectivity index (χ4v) is 2.07. The molecule has 5 nitrogen and oxygen atoms in total. The Morgan fingerprint density at radius 2 is 2.22 bits per heavy atom. The number of aliphatic hydroxyl groups excluding tert-OH is 1. The SMILES string of the molecule is CCC(O)CCNCc1cc(Br)cc([N+](=O)[O-])c1. The molecule has 0 aliphatic rings. The molecule has 1 atom stereocenters. The first-order chi connectivity index (χ1) is 8.52. The second-order valence-electron chi connectivity index (χ2n) is 4.10. The molecule has 1 aromatic rings. The Morgan fingerprint density at radius 1 is 1.50 bits per heavy atom. The van der Waals surface area contributed by atoms with Crippen LogP contribution in [0.1, 0.15) is 25.3 Å². The summed E-state index contributed by atoms with van der Waals surface area (Å²) in [5.74, 6) is 0. The number of nitro benzene ring substituents is 1. The first kappa shape index (κ1) is 15.1. The highest BCUT2D eigenvalue weighted by molar-refractivity contribution is 9.10. The molecular weight excluding hydrogens is 300 g/mol. The molecule has 6 heteroatoms. The van der Waals surface area contributed by atoms with E-state index < -0.39 is 4.92 Å². The smallest absolute Gasteiger partial charge is 0.270 e. The van der Waals surface area contributed by atoms with Gasteiger partial charge in [-0.15, -0.1) is 0 Å². The lowest BCUT2D eigenvalue weighted by molar-refractivity contribution is -0.385. The topological polar surface area (TPSA) is 75.4 Å². The van der Waals surface area contributed by atoms with Crippen molar-refractivity contribution in [2.24, 2.45) is 0 Å². The summed E-state index contributed by atoms with van der Waals surface area (Å²) < 4.78 is 0.696. The molecule has 0 aliphatic heterocycles. The first-order valence-corrected chi connectivity index (χ1v) is 6.65.